The molecule has 1 amide bonds. The largest absolute Gasteiger partial charge is 0.465 e. The second-order valence-electron chi connectivity index (χ2n) is 8.21. The quantitative estimate of drug-likeness (QED) is 0.744. The van der Waals surface area contributed by atoms with Gasteiger partial charge in [0.2, 0.25) is 11.8 Å². The third kappa shape index (κ3) is 2.13. The van der Waals surface area contributed by atoms with Crippen LogP contribution < -0.4 is 10.5 Å². The van der Waals surface area contributed by atoms with Crippen LogP contribution in [0.1, 0.15) is 32.3 Å². The van der Waals surface area contributed by atoms with Crippen molar-refractivity contribution in [3.05, 3.63) is 52.6 Å². The minimum Gasteiger partial charge on any atom is -0.465 e. The molecule has 1 spiro atoms. The summed E-state index contributed by atoms with van der Waals surface area (Å²) in [6.07, 6.45) is 0.807. The van der Waals surface area contributed by atoms with E-state index < -0.39 is 17.3 Å². The van der Waals surface area contributed by atoms with E-state index in [2.05, 4.69) is 0 Å². The Kier molecular flexibility index (Phi) is 3.72. The molecule has 0 aromatic heterocycles. The monoisotopic (exact) mass is 382 g/mol. The Hall–Kier alpha value is -3.09. The number of nitrogens with zero attached hydrogens (tertiary/aromatic N) is 1. The van der Waals surface area contributed by atoms with E-state index >= 15 is 0 Å². The fraction of sp³-hybridized carbons (Fsp3) is 0.381. The summed E-state index contributed by atoms with van der Waals surface area (Å²) in [6.45, 7) is 3.97. The molecule has 2 N–H and O–H groups in total. The van der Waals surface area contributed by atoms with Crippen LogP contribution >= 0.6 is 0 Å². The Bertz CT molecular complexity index is 1000. The number of nitrogens with two attached hydrogens (primary N) is 1. The Morgan fingerprint density at radius 2 is 1.89 bits per heavy atom. The summed E-state index contributed by atoms with van der Waals surface area (Å²) in [5, 5.41) is 0. The normalized spacial score (nSPS) is 25.6. The first-order chi connectivity index (χ1) is 13.1. The van der Waals surface area contributed by atoms with Gasteiger partial charge in [0.1, 0.15) is 16.7 Å². The van der Waals surface area contributed by atoms with E-state index in [1.165, 1.54) is 12.0 Å². The lowest BCUT2D eigenvalue weighted by atomic mass is 9.63. The Morgan fingerprint density at radius 1 is 1.21 bits per heavy atom. The molecule has 0 bridgehead atoms. The molecule has 1 aliphatic carbocycles. The van der Waals surface area contributed by atoms with E-state index in [4.69, 9.17) is 15.2 Å². The number of carbonyl (C=O) groups is 3. The lowest BCUT2D eigenvalue weighted by molar-refractivity contribution is -0.140. The highest BCUT2D eigenvalue weighted by Gasteiger charge is 2.64. The summed E-state index contributed by atoms with van der Waals surface area (Å²) in [7, 11) is 2.84. The molecule has 0 fully saturated rings. The molecular weight excluding hydrogens is 360 g/mol. The van der Waals surface area contributed by atoms with E-state index in [1.54, 1.807) is 31.3 Å². The van der Waals surface area contributed by atoms with Crippen LogP contribution in [0, 0.1) is 5.41 Å². The molecule has 1 aromatic rings. The second-order valence-corrected chi connectivity index (χ2v) is 8.21. The number of ether oxygens (including phenoxy) is 2. The van der Waals surface area contributed by atoms with Crippen molar-refractivity contribution in [1.82, 2.24) is 4.90 Å². The Balaban J connectivity index is 2.13. The summed E-state index contributed by atoms with van der Waals surface area (Å²) in [5.41, 5.74) is 5.39. The van der Waals surface area contributed by atoms with Crippen LogP contribution in [0.2, 0.25) is 0 Å². The third-order valence-electron chi connectivity index (χ3n) is 5.78. The summed E-state index contributed by atoms with van der Waals surface area (Å²) in [5.74, 6) is -1.24. The maximum Gasteiger partial charge on any atom is 0.340 e. The maximum absolute atomic E-state index is 13.7. The van der Waals surface area contributed by atoms with Crippen LogP contribution in [0.3, 0.4) is 0 Å². The highest BCUT2D eigenvalue weighted by Crippen LogP contribution is 2.57. The number of fused-ring (bicyclic) bond motifs is 3. The smallest absolute Gasteiger partial charge is 0.340 e. The van der Waals surface area contributed by atoms with Crippen molar-refractivity contribution < 1.29 is 23.9 Å². The molecule has 4 rings (SSSR count). The van der Waals surface area contributed by atoms with Gasteiger partial charge >= 0.3 is 5.97 Å². The number of carbonyl (C=O) groups excluding carboxylic acids is 3. The number of methoxy groups -OCH3 is 1. The molecule has 1 aromatic carbocycles. The number of rotatable bonds is 1. The van der Waals surface area contributed by atoms with Gasteiger partial charge in [0, 0.05) is 30.3 Å². The predicted molar refractivity (Wildman–Crippen MR) is 99.8 cm³/mol. The van der Waals surface area contributed by atoms with Gasteiger partial charge < -0.3 is 20.1 Å². The molecule has 7 nitrogen and oxygen atoms in total. The van der Waals surface area contributed by atoms with Gasteiger partial charge in [0.05, 0.1) is 7.11 Å². The molecule has 0 unspecified atom stereocenters. The molecule has 2 heterocycles. The minimum absolute atomic E-state index is 0.136. The minimum atomic E-state index is -1.65. The van der Waals surface area contributed by atoms with Crippen LogP contribution in [0.25, 0.3) is 0 Å². The summed E-state index contributed by atoms with van der Waals surface area (Å²) in [6, 6.07) is 6.84. The van der Waals surface area contributed by atoms with Gasteiger partial charge in [-0.2, -0.15) is 0 Å². The molecular formula is C21H22N2O5. The molecule has 0 saturated carbocycles. The lowest BCUT2D eigenvalue weighted by Crippen LogP contribution is -2.49. The SMILES string of the molecule is COC(=O)C1=C(N)Oc2ccccc2[C@@]12C(=O)N(C)C1=C2C(=O)CC(C)(C)C1. The Labute approximate surface area is 162 Å². The summed E-state index contributed by atoms with van der Waals surface area (Å²) < 4.78 is 10.6. The zero-order chi connectivity index (χ0) is 20.4. The number of esters is 1. The number of benzene rings is 1. The van der Waals surface area contributed by atoms with Gasteiger partial charge in [-0.05, 0) is 17.9 Å². The molecule has 1 atom stereocenters. The van der Waals surface area contributed by atoms with Crippen molar-refractivity contribution in [2.75, 3.05) is 14.2 Å². The van der Waals surface area contributed by atoms with Gasteiger partial charge in [-0.1, -0.05) is 32.0 Å². The number of hydrogen-bond donors (Lipinski definition) is 1. The highest BCUT2D eigenvalue weighted by atomic mass is 16.5. The van der Waals surface area contributed by atoms with Gasteiger partial charge in [-0.15, -0.1) is 0 Å². The predicted octanol–water partition coefficient (Wildman–Crippen LogP) is 1.78. The average molecular weight is 382 g/mol. The third-order valence-corrected chi connectivity index (χ3v) is 5.78. The van der Waals surface area contributed by atoms with E-state index in [0.717, 1.165) is 0 Å². The fourth-order valence-corrected chi connectivity index (χ4v) is 4.67. The van der Waals surface area contributed by atoms with Gasteiger partial charge in [0.15, 0.2) is 5.78 Å². The number of hydrogen-bond acceptors (Lipinski definition) is 6. The first-order valence-electron chi connectivity index (χ1n) is 9.06. The van der Waals surface area contributed by atoms with E-state index in [1.807, 2.05) is 13.8 Å². The van der Waals surface area contributed by atoms with E-state index in [0.29, 0.717) is 29.0 Å². The average Bonchev–Trinajstić information content (AvgIpc) is 2.83. The van der Waals surface area contributed by atoms with E-state index in [9.17, 15) is 14.4 Å². The summed E-state index contributed by atoms with van der Waals surface area (Å²) in [4.78, 5) is 41.3. The molecule has 3 aliphatic rings. The molecule has 0 saturated heterocycles. The number of para-hydroxylation sites is 1. The highest BCUT2D eigenvalue weighted by molar-refractivity contribution is 6.19. The zero-order valence-corrected chi connectivity index (χ0v) is 16.3. The van der Waals surface area contributed by atoms with Crippen LogP contribution in [-0.2, 0) is 24.5 Å². The number of Topliss-reactive ketones (excluding diaryl/α,β-unsaturated/α-hetero) is 1. The fourth-order valence-electron chi connectivity index (χ4n) is 4.67. The molecule has 146 valence electrons. The van der Waals surface area contributed by atoms with Gasteiger partial charge in [-0.25, -0.2) is 4.79 Å². The van der Waals surface area contributed by atoms with Crippen molar-refractivity contribution in [2.24, 2.45) is 11.1 Å². The Morgan fingerprint density at radius 3 is 2.57 bits per heavy atom. The number of ketones is 1. The maximum atomic E-state index is 13.7. The molecule has 2 aliphatic heterocycles. The van der Waals surface area contributed by atoms with Crippen LogP contribution in [0.4, 0.5) is 0 Å². The van der Waals surface area contributed by atoms with Crippen molar-refractivity contribution in [2.45, 2.75) is 32.1 Å². The van der Waals surface area contributed by atoms with Crippen LogP contribution in [-0.4, -0.2) is 36.7 Å². The summed E-state index contributed by atoms with van der Waals surface area (Å²) >= 11 is 0. The topological polar surface area (TPSA) is 98.9 Å². The van der Waals surface area contributed by atoms with Crippen molar-refractivity contribution >= 4 is 17.7 Å². The van der Waals surface area contributed by atoms with Crippen molar-refractivity contribution in [3.63, 3.8) is 0 Å². The van der Waals surface area contributed by atoms with Gasteiger partial charge in [0.25, 0.3) is 0 Å². The van der Waals surface area contributed by atoms with Crippen molar-refractivity contribution in [1.29, 1.82) is 0 Å². The molecule has 0 radical (unpaired) electrons. The van der Waals surface area contributed by atoms with Gasteiger partial charge in [-0.3, -0.25) is 9.59 Å². The number of allylic oxidation sites excluding steroid dienone is 1. The van der Waals surface area contributed by atoms with Crippen molar-refractivity contribution in [3.8, 4) is 5.75 Å². The first kappa shape index (κ1) is 18.3. The molecule has 28 heavy (non-hydrogen) atoms. The second kappa shape index (κ2) is 5.70. The zero-order valence-electron chi connectivity index (χ0n) is 16.3. The lowest BCUT2D eigenvalue weighted by Gasteiger charge is -2.38. The van der Waals surface area contributed by atoms with Crippen LogP contribution in [0.15, 0.2) is 47.0 Å². The molecule has 7 heteroatoms. The van der Waals surface area contributed by atoms with E-state index in [-0.39, 0.29) is 29.1 Å². The number of amides is 1. The first-order valence-corrected chi connectivity index (χ1v) is 9.06. The number of likely N-dealkylation sites (N-methyl/N-ethyl adjacent to an activating group) is 1. The standard InChI is InChI=1S/C21H22N2O5/c1-20(2)9-12-15(13(24)10-20)21(19(26)23(12)3)11-7-5-6-8-14(11)28-17(22)16(21)18(25)27-4/h5-8H,9-10,22H2,1-4H3/t21-/m0/s1. The van der Waals surface area contributed by atoms with Crippen LogP contribution in [0.5, 0.6) is 5.75 Å².